The molecule has 0 atom stereocenters. The number of halogens is 1. The van der Waals surface area contributed by atoms with Gasteiger partial charge in [-0.3, -0.25) is 14.4 Å². The van der Waals surface area contributed by atoms with Crippen LogP contribution < -0.4 is 16.0 Å². The molecule has 6 nitrogen and oxygen atoms in total. The van der Waals surface area contributed by atoms with Gasteiger partial charge in [0.1, 0.15) is 5.82 Å². The van der Waals surface area contributed by atoms with Crippen molar-refractivity contribution >= 4 is 40.4 Å². The lowest BCUT2D eigenvalue weighted by Crippen LogP contribution is -2.34. The Morgan fingerprint density at radius 2 is 1.69 bits per heavy atom. The maximum Gasteiger partial charge on any atom is 0.265 e. The number of benzene rings is 2. The number of hydrogen-bond donors (Lipinski definition) is 2. The number of nitrogens with zero attached hydrogens (tertiary/aromatic N) is 1. The van der Waals surface area contributed by atoms with E-state index in [1.807, 2.05) is 5.38 Å². The van der Waals surface area contributed by atoms with Gasteiger partial charge in [0.2, 0.25) is 5.91 Å². The van der Waals surface area contributed by atoms with Gasteiger partial charge in [-0.05, 0) is 60.0 Å². The Balaban J connectivity index is 1.77. The van der Waals surface area contributed by atoms with E-state index in [0.717, 1.165) is 0 Å². The first kappa shape index (κ1) is 20.2. The topological polar surface area (TPSA) is 92.5 Å². The van der Waals surface area contributed by atoms with E-state index in [2.05, 4.69) is 5.32 Å². The van der Waals surface area contributed by atoms with Gasteiger partial charge < -0.3 is 16.0 Å². The predicted molar refractivity (Wildman–Crippen MR) is 111 cm³/mol. The van der Waals surface area contributed by atoms with Crippen molar-refractivity contribution in [3.05, 3.63) is 82.3 Å². The number of carbonyl (C=O) groups excluding carboxylic acids is 3. The van der Waals surface area contributed by atoms with Gasteiger partial charge in [0, 0.05) is 29.9 Å². The average molecular weight is 411 g/mol. The molecule has 148 valence electrons. The maximum absolute atomic E-state index is 13.2. The van der Waals surface area contributed by atoms with Crippen molar-refractivity contribution in [3.8, 4) is 0 Å². The average Bonchev–Trinajstić information content (AvgIpc) is 3.25. The fourth-order valence-corrected chi connectivity index (χ4v) is 3.26. The monoisotopic (exact) mass is 411 g/mol. The van der Waals surface area contributed by atoms with Crippen LogP contribution in [0.2, 0.25) is 0 Å². The highest BCUT2D eigenvalue weighted by Gasteiger charge is 2.19. The first-order chi connectivity index (χ1) is 13.9. The molecule has 3 N–H and O–H groups in total. The molecule has 0 fully saturated rings. The van der Waals surface area contributed by atoms with Crippen molar-refractivity contribution < 1.29 is 18.8 Å². The van der Waals surface area contributed by atoms with E-state index in [9.17, 15) is 18.8 Å². The third-order valence-electron chi connectivity index (χ3n) is 4.10. The second-order valence-corrected chi connectivity index (χ2v) is 7.11. The standard InChI is InChI=1S/C21H18FN3O3S/c22-15-5-9-17(10-6-15)25(12-11-19(23)26)21(28)14-3-7-16(8-4-14)24-20(27)18-2-1-13-29-18/h1-10,13H,11-12H2,(H2,23,26)(H,24,27). The van der Waals surface area contributed by atoms with Gasteiger partial charge in [0.15, 0.2) is 0 Å². The van der Waals surface area contributed by atoms with E-state index in [1.54, 1.807) is 36.4 Å². The summed E-state index contributed by atoms with van der Waals surface area (Å²) in [5.74, 6) is -1.57. The van der Waals surface area contributed by atoms with E-state index in [4.69, 9.17) is 5.73 Å². The van der Waals surface area contributed by atoms with Gasteiger partial charge in [-0.25, -0.2) is 4.39 Å². The minimum atomic E-state index is -0.545. The van der Waals surface area contributed by atoms with Crippen LogP contribution in [0.1, 0.15) is 26.5 Å². The van der Waals surface area contributed by atoms with Crippen LogP contribution in [0.3, 0.4) is 0 Å². The fraction of sp³-hybridized carbons (Fsp3) is 0.0952. The number of rotatable bonds is 7. The molecule has 0 saturated carbocycles. The molecule has 0 unspecified atom stereocenters. The molecule has 3 rings (SSSR count). The summed E-state index contributed by atoms with van der Waals surface area (Å²) in [6, 6.07) is 15.3. The quantitative estimate of drug-likeness (QED) is 0.621. The van der Waals surface area contributed by atoms with Crippen molar-refractivity contribution in [1.82, 2.24) is 0 Å². The Morgan fingerprint density at radius 3 is 2.28 bits per heavy atom. The first-order valence-electron chi connectivity index (χ1n) is 8.74. The zero-order valence-corrected chi connectivity index (χ0v) is 16.1. The van der Waals surface area contributed by atoms with Crippen LogP contribution in [0.4, 0.5) is 15.8 Å². The molecule has 0 aliphatic rings. The highest BCUT2D eigenvalue weighted by Crippen LogP contribution is 2.20. The number of anilines is 2. The lowest BCUT2D eigenvalue weighted by molar-refractivity contribution is -0.117. The van der Waals surface area contributed by atoms with Crippen LogP contribution in [0.25, 0.3) is 0 Å². The van der Waals surface area contributed by atoms with Crippen molar-refractivity contribution in [2.24, 2.45) is 5.73 Å². The van der Waals surface area contributed by atoms with E-state index < -0.39 is 11.7 Å². The Labute approximate surface area is 170 Å². The van der Waals surface area contributed by atoms with Crippen molar-refractivity contribution in [2.45, 2.75) is 6.42 Å². The molecule has 0 aliphatic heterocycles. The summed E-state index contributed by atoms with van der Waals surface area (Å²) in [6.45, 7) is 0.0661. The Kier molecular flexibility index (Phi) is 6.36. The van der Waals surface area contributed by atoms with Gasteiger partial charge in [-0.1, -0.05) is 6.07 Å². The van der Waals surface area contributed by atoms with E-state index >= 15 is 0 Å². The normalized spacial score (nSPS) is 10.4. The predicted octanol–water partition coefficient (Wildman–Crippen LogP) is 3.66. The van der Waals surface area contributed by atoms with Crippen molar-refractivity contribution in [3.63, 3.8) is 0 Å². The summed E-state index contributed by atoms with van der Waals surface area (Å²) in [4.78, 5) is 38.2. The maximum atomic E-state index is 13.2. The molecule has 0 aliphatic carbocycles. The minimum Gasteiger partial charge on any atom is -0.370 e. The largest absolute Gasteiger partial charge is 0.370 e. The highest BCUT2D eigenvalue weighted by molar-refractivity contribution is 7.12. The van der Waals surface area contributed by atoms with Crippen molar-refractivity contribution in [2.75, 3.05) is 16.8 Å². The summed E-state index contributed by atoms with van der Waals surface area (Å²) < 4.78 is 13.2. The molecule has 0 bridgehead atoms. The fourth-order valence-electron chi connectivity index (χ4n) is 2.64. The molecular weight excluding hydrogens is 393 g/mol. The zero-order valence-electron chi connectivity index (χ0n) is 15.3. The molecule has 1 heterocycles. The molecule has 0 radical (unpaired) electrons. The van der Waals surface area contributed by atoms with Crippen LogP contribution in [0, 0.1) is 5.82 Å². The highest BCUT2D eigenvalue weighted by atomic mass is 32.1. The molecule has 0 saturated heterocycles. The SMILES string of the molecule is NC(=O)CCN(C(=O)c1ccc(NC(=O)c2cccs2)cc1)c1ccc(F)cc1. The molecule has 29 heavy (non-hydrogen) atoms. The molecule has 8 heteroatoms. The Bertz CT molecular complexity index is 1000. The Hall–Kier alpha value is -3.52. The lowest BCUT2D eigenvalue weighted by Gasteiger charge is -2.22. The van der Waals surface area contributed by atoms with Crippen LogP contribution in [-0.4, -0.2) is 24.3 Å². The number of amides is 3. The van der Waals surface area contributed by atoms with Gasteiger partial charge >= 0.3 is 0 Å². The molecule has 0 spiro atoms. The molecular formula is C21H18FN3O3S. The number of primary amides is 1. The summed E-state index contributed by atoms with van der Waals surface area (Å²) in [5.41, 5.74) is 6.56. The van der Waals surface area contributed by atoms with Crippen LogP contribution in [-0.2, 0) is 4.79 Å². The molecule has 3 aromatic rings. The number of carbonyl (C=O) groups is 3. The molecule has 3 amide bonds. The van der Waals surface area contributed by atoms with Crippen LogP contribution in [0.15, 0.2) is 66.0 Å². The number of thiophene rings is 1. The number of nitrogens with one attached hydrogen (secondary N) is 1. The lowest BCUT2D eigenvalue weighted by atomic mass is 10.1. The zero-order chi connectivity index (χ0) is 20.8. The number of hydrogen-bond acceptors (Lipinski definition) is 4. The Morgan fingerprint density at radius 1 is 1.00 bits per heavy atom. The minimum absolute atomic E-state index is 0.0297. The summed E-state index contributed by atoms with van der Waals surface area (Å²) in [6.07, 6.45) is -0.0297. The second kappa shape index (κ2) is 9.11. The summed E-state index contributed by atoms with van der Waals surface area (Å²) >= 11 is 1.33. The first-order valence-corrected chi connectivity index (χ1v) is 9.62. The second-order valence-electron chi connectivity index (χ2n) is 6.16. The number of nitrogens with two attached hydrogens (primary N) is 1. The van der Waals surface area contributed by atoms with Gasteiger partial charge in [0.25, 0.3) is 11.8 Å². The van der Waals surface area contributed by atoms with Gasteiger partial charge in [0.05, 0.1) is 4.88 Å². The van der Waals surface area contributed by atoms with Gasteiger partial charge in [-0.15, -0.1) is 11.3 Å². The van der Waals surface area contributed by atoms with E-state index in [1.165, 1.54) is 40.5 Å². The third kappa shape index (κ3) is 5.26. The van der Waals surface area contributed by atoms with Crippen molar-refractivity contribution in [1.29, 1.82) is 0 Å². The van der Waals surface area contributed by atoms with Crippen LogP contribution in [0.5, 0.6) is 0 Å². The smallest absolute Gasteiger partial charge is 0.265 e. The van der Waals surface area contributed by atoms with E-state index in [-0.39, 0.29) is 24.8 Å². The molecule has 1 aromatic heterocycles. The third-order valence-corrected chi connectivity index (χ3v) is 4.97. The van der Waals surface area contributed by atoms with Crippen LogP contribution >= 0.6 is 11.3 Å². The molecule has 2 aromatic carbocycles. The summed E-state index contributed by atoms with van der Waals surface area (Å²) in [7, 11) is 0. The van der Waals surface area contributed by atoms with E-state index in [0.29, 0.717) is 21.8 Å². The summed E-state index contributed by atoms with van der Waals surface area (Å²) in [5, 5.41) is 4.57. The van der Waals surface area contributed by atoms with Gasteiger partial charge in [-0.2, -0.15) is 0 Å².